The summed E-state index contributed by atoms with van der Waals surface area (Å²) in [6, 6.07) is 0. The average molecular weight is 156 g/mol. The van der Waals surface area contributed by atoms with Crippen LogP contribution < -0.4 is 0 Å². The second-order valence-corrected chi connectivity index (χ2v) is 4.02. The fraction of sp³-hybridized carbons (Fsp3) is 1.00. The Labute approximate surface area is 70.1 Å². The predicted molar refractivity (Wildman–Crippen MR) is 47.6 cm³/mol. The minimum atomic E-state index is 0.560. The first-order valence-electron chi connectivity index (χ1n) is 4.76. The normalized spacial score (nSPS) is 32.7. The lowest BCUT2D eigenvalue weighted by Gasteiger charge is -2.29. The monoisotopic (exact) mass is 156 g/mol. The van der Waals surface area contributed by atoms with Gasteiger partial charge in [0.05, 0.1) is 6.10 Å². The Bertz CT molecular complexity index is 101. The summed E-state index contributed by atoms with van der Waals surface area (Å²) >= 11 is 0. The van der Waals surface area contributed by atoms with E-state index in [1.54, 1.807) is 0 Å². The zero-order chi connectivity index (χ0) is 8.27. The maximum absolute atomic E-state index is 5.32. The lowest BCUT2D eigenvalue weighted by atomic mass is 9.80. The van der Waals surface area contributed by atoms with Crippen LogP contribution in [-0.2, 0) is 4.74 Å². The summed E-state index contributed by atoms with van der Waals surface area (Å²) in [4.78, 5) is 0. The van der Waals surface area contributed by atoms with Gasteiger partial charge in [-0.3, -0.25) is 0 Å². The van der Waals surface area contributed by atoms with Gasteiger partial charge < -0.3 is 4.74 Å². The summed E-state index contributed by atoms with van der Waals surface area (Å²) in [5.41, 5.74) is 0. The van der Waals surface area contributed by atoms with Gasteiger partial charge in [0.2, 0.25) is 0 Å². The molecule has 0 atom stereocenters. The average Bonchev–Trinajstić information content (AvgIpc) is 2.05. The Morgan fingerprint density at radius 3 is 2.00 bits per heavy atom. The summed E-state index contributed by atoms with van der Waals surface area (Å²) in [6.07, 6.45) is 5.86. The maximum Gasteiger partial charge on any atom is 0.0571 e. The van der Waals surface area contributed by atoms with E-state index < -0.39 is 0 Å². The molecule has 66 valence electrons. The summed E-state index contributed by atoms with van der Waals surface area (Å²) in [5.74, 6) is 1.83. The van der Waals surface area contributed by atoms with Crippen molar-refractivity contribution >= 4 is 0 Å². The highest BCUT2D eigenvalue weighted by Gasteiger charge is 2.22. The lowest BCUT2D eigenvalue weighted by molar-refractivity contribution is 0.0495. The van der Waals surface area contributed by atoms with Crippen molar-refractivity contribution in [2.45, 2.75) is 45.6 Å². The molecule has 1 fully saturated rings. The molecule has 0 bridgehead atoms. The van der Waals surface area contributed by atoms with Crippen LogP contribution in [-0.4, -0.2) is 13.2 Å². The Hall–Kier alpha value is -0.0400. The maximum atomic E-state index is 5.32. The van der Waals surface area contributed by atoms with E-state index in [-0.39, 0.29) is 0 Å². The van der Waals surface area contributed by atoms with Gasteiger partial charge in [-0.15, -0.1) is 0 Å². The van der Waals surface area contributed by atoms with Crippen LogP contribution in [0.3, 0.4) is 0 Å². The quantitative estimate of drug-likeness (QED) is 0.597. The molecule has 0 N–H and O–H groups in total. The predicted octanol–water partition coefficient (Wildman–Crippen LogP) is 2.85. The highest BCUT2D eigenvalue weighted by atomic mass is 16.5. The summed E-state index contributed by atoms with van der Waals surface area (Å²) < 4.78 is 5.32. The number of rotatable bonds is 2. The third kappa shape index (κ3) is 2.48. The molecule has 0 aromatic heterocycles. The smallest absolute Gasteiger partial charge is 0.0571 e. The minimum absolute atomic E-state index is 0.560. The highest BCUT2D eigenvalue weighted by molar-refractivity contribution is 4.74. The molecule has 0 aromatic rings. The molecule has 1 aliphatic rings. The summed E-state index contributed by atoms with van der Waals surface area (Å²) in [5, 5.41) is 0. The van der Waals surface area contributed by atoms with E-state index in [0.29, 0.717) is 6.10 Å². The molecular formula is C10H20O. The van der Waals surface area contributed by atoms with E-state index in [2.05, 4.69) is 13.8 Å². The van der Waals surface area contributed by atoms with Gasteiger partial charge >= 0.3 is 0 Å². The van der Waals surface area contributed by atoms with Gasteiger partial charge in [0, 0.05) is 7.11 Å². The van der Waals surface area contributed by atoms with Gasteiger partial charge in [-0.05, 0) is 37.5 Å². The fourth-order valence-corrected chi connectivity index (χ4v) is 1.99. The topological polar surface area (TPSA) is 9.23 Å². The largest absolute Gasteiger partial charge is 0.381 e. The fourth-order valence-electron chi connectivity index (χ4n) is 1.99. The van der Waals surface area contributed by atoms with E-state index in [9.17, 15) is 0 Å². The van der Waals surface area contributed by atoms with Crippen molar-refractivity contribution < 1.29 is 4.74 Å². The van der Waals surface area contributed by atoms with Gasteiger partial charge in [0.15, 0.2) is 0 Å². The Kier molecular flexibility index (Phi) is 3.38. The van der Waals surface area contributed by atoms with Crippen LogP contribution >= 0.6 is 0 Å². The molecule has 0 radical (unpaired) electrons. The molecule has 0 aliphatic heterocycles. The molecule has 0 aromatic carbocycles. The van der Waals surface area contributed by atoms with Gasteiger partial charge in [-0.25, -0.2) is 0 Å². The highest BCUT2D eigenvalue weighted by Crippen LogP contribution is 2.30. The molecule has 0 spiro atoms. The zero-order valence-electron chi connectivity index (χ0n) is 7.97. The van der Waals surface area contributed by atoms with Gasteiger partial charge in [0.25, 0.3) is 0 Å². The molecule has 11 heavy (non-hydrogen) atoms. The second-order valence-electron chi connectivity index (χ2n) is 4.02. The molecule has 0 saturated heterocycles. The van der Waals surface area contributed by atoms with Gasteiger partial charge in [0.1, 0.15) is 0 Å². The molecular weight excluding hydrogens is 136 g/mol. The number of hydrogen-bond donors (Lipinski definition) is 0. The van der Waals surface area contributed by atoms with Crippen LogP contribution in [0, 0.1) is 11.8 Å². The Morgan fingerprint density at radius 1 is 1.09 bits per heavy atom. The molecule has 1 nitrogen and oxygen atoms in total. The Balaban J connectivity index is 2.24. The van der Waals surface area contributed by atoms with Crippen molar-refractivity contribution in [1.82, 2.24) is 0 Å². The molecule has 1 aliphatic carbocycles. The first kappa shape index (κ1) is 9.05. The van der Waals surface area contributed by atoms with Crippen LogP contribution in [0.15, 0.2) is 0 Å². The van der Waals surface area contributed by atoms with Crippen LogP contribution in [0.2, 0.25) is 0 Å². The molecule has 1 saturated carbocycles. The molecule has 0 amide bonds. The van der Waals surface area contributed by atoms with E-state index in [1.165, 1.54) is 25.7 Å². The van der Waals surface area contributed by atoms with Crippen LogP contribution in [0.25, 0.3) is 0 Å². The van der Waals surface area contributed by atoms with Crippen molar-refractivity contribution in [3.63, 3.8) is 0 Å². The third-order valence-electron chi connectivity index (χ3n) is 3.00. The van der Waals surface area contributed by atoms with E-state index in [0.717, 1.165) is 11.8 Å². The van der Waals surface area contributed by atoms with E-state index >= 15 is 0 Å². The van der Waals surface area contributed by atoms with Gasteiger partial charge in [-0.2, -0.15) is 0 Å². The molecule has 0 unspecified atom stereocenters. The molecule has 0 heterocycles. The standard InChI is InChI=1S/C10H20O/c1-8(2)9-4-6-10(11-3)7-5-9/h8-10H,4-7H2,1-3H3/t9-,10+. The van der Waals surface area contributed by atoms with Crippen LogP contribution in [0.4, 0.5) is 0 Å². The lowest BCUT2D eigenvalue weighted by Crippen LogP contribution is -2.23. The van der Waals surface area contributed by atoms with Crippen molar-refractivity contribution in [3.8, 4) is 0 Å². The zero-order valence-corrected chi connectivity index (χ0v) is 7.97. The SMILES string of the molecule is CO[C@H]1CC[C@@H](C(C)C)CC1. The van der Waals surface area contributed by atoms with Crippen molar-refractivity contribution in [3.05, 3.63) is 0 Å². The van der Waals surface area contributed by atoms with E-state index in [4.69, 9.17) is 4.74 Å². The number of hydrogen-bond acceptors (Lipinski definition) is 1. The van der Waals surface area contributed by atoms with Crippen molar-refractivity contribution in [1.29, 1.82) is 0 Å². The number of methoxy groups -OCH3 is 1. The third-order valence-corrected chi connectivity index (χ3v) is 3.00. The number of ether oxygens (including phenoxy) is 1. The summed E-state index contributed by atoms with van der Waals surface area (Å²) in [7, 11) is 1.83. The molecule has 1 heteroatoms. The Morgan fingerprint density at radius 2 is 1.64 bits per heavy atom. The van der Waals surface area contributed by atoms with Gasteiger partial charge in [-0.1, -0.05) is 13.8 Å². The molecule has 1 rings (SSSR count). The first-order chi connectivity index (χ1) is 5.24. The van der Waals surface area contributed by atoms with Crippen molar-refractivity contribution in [2.24, 2.45) is 11.8 Å². The van der Waals surface area contributed by atoms with Crippen molar-refractivity contribution in [2.75, 3.05) is 7.11 Å². The first-order valence-corrected chi connectivity index (χ1v) is 4.76. The minimum Gasteiger partial charge on any atom is -0.381 e. The van der Waals surface area contributed by atoms with Crippen LogP contribution in [0.5, 0.6) is 0 Å². The summed E-state index contributed by atoms with van der Waals surface area (Å²) in [6.45, 7) is 4.66. The second kappa shape index (κ2) is 4.10. The van der Waals surface area contributed by atoms with E-state index in [1.807, 2.05) is 7.11 Å². The van der Waals surface area contributed by atoms with Crippen LogP contribution in [0.1, 0.15) is 39.5 Å².